The maximum atomic E-state index is 13.5. The van der Waals surface area contributed by atoms with Gasteiger partial charge in [-0.05, 0) is 26.0 Å². The van der Waals surface area contributed by atoms with Crippen molar-refractivity contribution in [2.75, 3.05) is 33.2 Å². The highest BCUT2D eigenvalue weighted by molar-refractivity contribution is 7.81. The highest BCUT2D eigenvalue weighted by atomic mass is 32.1. The van der Waals surface area contributed by atoms with Crippen LogP contribution in [0, 0.1) is 0 Å². The van der Waals surface area contributed by atoms with Crippen LogP contribution in [0.1, 0.15) is 26.7 Å². The summed E-state index contributed by atoms with van der Waals surface area (Å²) in [4.78, 5) is 34.6. The van der Waals surface area contributed by atoms with E-state index in [1.165, 1.54) is 19.3 Å². The molecule has 0 spiro atoms. The highest BCUT2D eigenvalue weighted by Crippen LogP contribution is 2.51. The number of nitrogens with zero attached hydrogens (tertiary/aromatic N) is 1. The standard InChI is InChI=1S/C22H25F3NO9PS2/c1-14-4-6-16(18(37)10-14)32-34-36(29,35-33-17-7-5-15(2)11-19(17)38)13-26(21(28)22(23,24)25)12-20(27)31-9-8-30-3/h4-7H,8-13H2,1-3H3. The summed E-state index contributed by atoms with van der Waals surface area (Å²) in [5.74, 6) is -3.87. The Morgan fingerprint density at radius 3 is 1.87 bits per heavy atom. The highest BCUT2D eigenvalue weighted by Gasteiger charge is 2.47. The number of ether oxygens (including phenoxy) is 2. The number of carbonyl (C=O) groups is 2. The van der Waals surface area contributed by atoms with Gasteiger partial charge in [-0.15, -0.1) is 0 Å². The first-order chi connectivity index (χ1) is 17.7. The summed E-state index contributed by atoms with van der Waals surface area (Å²) in [5, 5.41) is 0. The van der Waals surface area contributed by atoms with Gasteiger partial charge >= 0.3 is 25.6 Å². The fraction of sp³-hybridized carbons (Fsp3) is 0.455. The largest absolute Gasteiger partial charge is 0.471 e. The molecule has 0 heterocycles. The van der Waals surface area contributed by atoms with Crippen LogP contribution in [0.25, 0.3) is 0 Å². The number of carbonyl (C=O) groups excluding carboxylic acids is 2. The summed E-state index contributed by atoms with van der Waals surface area (Å²) < 4.78 is 72.6. The van der Waals surface area contributed by atoms with E-state index in [-0.39, 0.29) is 39.4 Å². The molecule has 10 nitrogen and oxygen atoms in total. The first-order valence-corrected chi connectivity index (χ1v) is 13.4. The summed E-state index contributed by atoms with van der Waals surface area (Å²) in [6, 6.07) is 0. The van der Waals surface area contributed by atoms with Gasteiger partial charge in [0.05, 0.1) is 16.3 Å². The number of esters is 1. The predicted molar refractivity (Wildman–Crippen MR) is 136 cm³/mol. The van der Waals surface area contributed by atoms with Crippen molar-refractivity contribution in [3.05, 3.63) is 47.0 Å². The molecule has 0 aromatic carbocycles. The molecule has 0 fully saturated rings. The minimum Gasteiger partial charge on any atom is -0.462 e. The number of amides is 1. The van der Waals surface area contributed by atoms with Crippen LogP contribution in [-0.2, 0) is 42.8 Å². The zero-order valence-electron chi connectivity index (χ0n) is 20.6. The fourth-order valence-corrected chi connectivity index (χ4v) is 4.65. The number of hydrogen-bond donors (Lipinski definition) is 0. The van der Waals surface area contributed by atoms with E-state index in [1.54, 1.807) is 26.0 Å². The summed E-state index contributed by atoms with van der Waals surface area (Å²) in [5.41, 5.74) is 1.78. The van der Waals surface area contributed by atoms with E-state index in [2.05, 4.69) is 0 Å². The van der Waals surface area contributed by atoms with E-state index in [9.17, 15) is 27.3 Å². The summed E-state index contributed by atoms with van der Waals surface area (Å²) in [6.45, 7) is 2.01. The molecule has 0 saturated carbocycles. The van der Waals surface area contributed by atoms with Crippen LogP contribution in [0.15, 0.2) is 47.0 Å². The lowest BCUT2D eigenvalue weighted by molar-refractivity contribution is -0.226. The average molecular weight is 600 g/mol. The Kier molecular flexibility index (Phi) is 11.8. The van der Waals surface area contributed by atoms with Crippen molar-refractivity contribution in [3.63, 3.8) is 0 Å². The molecule has 210 valence electrons. The van der Waals surface area contributed by atoms with Crippen LogP contribution in [0.4, 0.5) is 13.2 Å². The van der Waals surface area contributed by atoms with Gasteiger partial charge in [0.2, 0.25) is 0 Å². The van der Waals surface area contributed by atoms with Crippen molar-refractivity contribution >= 4 is 53.6 Å². The van der Waals surface area contributed by atoms with Gasteiger partial charge in [-0.1, -0.05) is 57.1 Å². The molecule has 0 radical (unpaired) electrons. The van der Waals surface area contributed by atoms with E-state index < -0.39 is 38.5 Å². The van der Waals surface area contributed by atoms with Crippen molar-refractivity contribution in [2.45, 2.75) is 32.9 Å². The van der Waals surface area contributed by atoms with Gasteiger partial charge in [0.15, 0.2) is 11.5 Å². The molecular formula is C22H25F3NO9PS2. The molecule has 0 N–H and O–H groups in total. The number of rotatable bonds is 13. The zero-order valence-corrected chi connectivity index (χ0v) is 23.1. The quantitative estimate of drug-likeness (QED) is 0.0726. The number of thiocarbonyl (C=S) groups is 2. The lowest BCUT2D eigenvalue weighted by Crippen LogP contribution is -2.45. The van der Waals surface area contributed by atoms with Crippen molar-refractivity contribution in [1.29, 1.82) is 0 Å². The number of alkyl halides is 3. The molecule has 0 aromatic heterocycles. The Labute approximate surface area is 227 Å². The third-order valence-electron chi connectivity index (χ3n) is 4.69. The molecule has 0 bridgehead atoms. The topological polar surface area (TPSA) is 110 Å². The van der Waals surface area contributed by atoms with Crippen LogP contribution >= 0.6 is 32.0 Å². The van der Waals surface area contributed by atoms with Crippen molar-refractivity contribution in [1.82, 2.24) is 4.90 Å². The second-order valence-corrected chi connectivity index (χ2v) is 10.9. The Morgan fingerprint density at radius 2 is 1.45 bits per heavy atom. The summed E-state index contributed by atoms with van der Waals surface area (Å²) in [6.07, 6.45) is -0.178. The normalized spacial score (nSPS) is 16.2. The molecule has 0 aromatic rings. The van der Waals surface area contributed by atoms with Gasteiger partial charge in [0.25, 0.3) is 0 Å². The third kappa shape index (κ3) is 10.0. The van der Waals surface area contributed by atoms with Crippen LogP contribution < -0.4 is 0 Å². The van der Waals surface area contributed by atoms with Crippen LogP contribution in [0.3, 0.4) is 0 Å². The van der Waals surface area contributed by atoms with E-state index in [1.807, 2.05) is 0 Å². The molecule has 38 heavy (non-hydrogen) atoms. The fourth-order valence-electron chi connectivity index (χ4n) is 2.84. The number of halogens is 3. The maximum Gasteiger partial charge on any atom is 0.471 e. The van der Waals surface area contributed by atoms with Gasteiger partial charge in [-0.25, -0.2) is 0 Å². The molecule has 2 rings (SSSR count). The number of allylic oxidation sites excluding steroid dienone is 8. The van der Waals surface area contributed by atoms with Crippen molar-refractivity contribution in [3.8, 4) is 0 Å². The zero-order chi connectivity index (χ0) is 28.5. The molecule has 16 heteroatoms. The molecule has 0 atom stereocenters. The van der Waals surface area contributed by atoms with Gasteiger partial charge < -0.3 is 24.1 Å². The van der Waals surface area contributed by atoms with E-state index in [0.717, 1.165) is 11.1 Å². The Morgan fingerprint density at radius 1 is 0.947 bits per heavy atom. The summed E-state index contributed by atoms with van der Waals surface area (Å²) >= 11 is 10.4. The first-order valence-electron chi connectivity index (χ1n) is 10.9. The van der Waals surface area contributed by atoms with Crippen LogP contribution in [0.5, 0.6) is 0 Å². The minimum atomic E-state index is -5.44. The lowest BCUT2D eigenvalue weighted by atomic mass is 10.1. The number of hydrogen-bond acceptors (Lipinski definition) is 11. The Hall–Kier alpha value is -2.42. The van der Waals surface area contributed by atoms with Crippen LogP contribution in [0.2, 0.25) is 0 Å². The average Bonchev–Trinajstić information content (AvgIpc) is 2.82. The SMILES string of the molecule is COCCOC(=O)CN(CP(=O)(OOC1=CC=C(C)CC1=S)OOC1=CC=C(C)CC1=S)C(=O)C(F)(F)F. The van der Waals surface area contributed by atoms with E-state index in [4.69, 9.17) is 53.0 Å². The molecule has 2 aliphatic rings. The molecule has 0 aliphatic heterocycles. The first kappa shape index (κ1) is 31.8. The molecule has 0 unspecified atom stereocenters. The van der Waals surface area contributed by atoms with Crippen molar-refractivity contribution in [2.24, 2.45) is 0 Å². The lowest BCUT2D eigenvalue weighted by Gasteiger charge is -2.26. The van der Waals surface area contributed by atoms with Gasteiger partial charge in [0.1, 0.15) is 19.4 Å². The minimum absolute atomic E-state index is 0.0444. The van der Waals surface area contributed by atoms with Gasteiger partial charge in [-0.2, -0.15) is 13.2 Å². The van der Waals surface area contributed by atoms with Gasteiger partial charge in [-0.3, -0.25) is 14.2 Å². The smallest absolute Gasteiger partial charge is 0.462 e. The Balaban J connectivity index is 2.30. The molecule has 0 saturated heterocycles. The molecule has 1 amide bonds. The second kappa shape index (κ2) is 14.1. The van der Waals surface area contributed by atoms with Crippen molar-refractivity contribution < 1.29 is 55.9 Å². The van der Waals surface area contributed by atoms with Gasteiger partial charge in [0, 0.05) is 20.0 Å². The Bertz CT molecular complexity index is 1080. The van der Waals surface area contributed by atoms with E-state index in [0.29, 0.717) is 12.8 Å². The number of methoxy groups -OCH3 is 1. The summed E-state index contributed by atoms with van der Waals surface area (Å²) in [7, 11) is -3.60. The second-order valence-electron chi connectivity index (χ2n) is 8.07. The molecule has 2 aliphatic carbocycles. The van der Waals surface area contributed by atoms with E-state index >= 15 is 0 Å². The predicted octanol–water partition coefficient (Wildman–Crippen LogP) is 4.82. The monoisotopic (exact) mass is 599 g/mol. The maximum absolute atomic E-state index is 13.5. The molecular weight excluding hydrogens is 574 g/mol. The third-order valence-corrected chi connectivity index (χ3v) is 6.67. The van der Waals surface area contributed by atoms with Crippen LogP contribution in [-0.4, -0.2) is 65.8 Å².